The molecule has 5 rings (SSSR count). The first-order chi connectivity index (χ1) is 24.8. The van der Waals surface area contributed by atoms with E-state index in [0.717, 1.165) is 53.2 Å². The number of methoxy groups -OCH3 is 1. The van der Waals surface area contributed by atoms with Crippen LogP contribution in [0.1, 0.15) is 76.1 Å². The molecule has 0 saturated carbocycles. The highest BCUT2D eigenvalue weighted by Crippen LogP contribution is 2.46. The maximum Gasteiger partial charge on any atom is 0.243 e. The number of hydrogen-bond acceptors (Lipinski definition) is 8. The zero-order valence-corrected chi connectivity index (χ0v) is 34.2. The van der Waals surface area contributed by atoms with Crippen LogP contribution in [0, 0.1) is 6.92 Å². The van der Waals surface area contributed by atoms with Crippen molar-refractivity contribution in [3.63, 3.8) is 0 Å². The van der Waals surface area contributed by atoms with Crippen LogP contribution in [-0.2, 0) is 37.1 Å². The Hall–Kier alpha value is -2.77. The van der Waals surface area contributed by atoms with Crippen LogP contribution >= 0.6 is 0 Å². The summed E-state index contributed by atoms with van der Waals surface area (Å²) in [6.07, 6.45) is -0.0518. The molecule has 1 unspecified atom stereocenters. The molecule has 0 aliphatic carbocycles. The zero-order valence-electron chi connectivity index (χ0n) is 32.4. The zero-order chi connectivity index (χ0) is 37.6. The van der Waals surface area contributed by atoms with E-state index in [4.69, 9.17) is 18.6 Å². The highest BCUT2D eigenvalue weighted by Gasteiger charge is 2.51. The monoisotopic (exact) mass is 752 g/mol. The summed E-state index contributed by atoms with van der Waals surface area (Å²) in [5.41, 5.74) is 5.77. The van der Waals surface area contributed by atoms with Gasteiger partial charge in [0.15, 0.2) is 0 Å². The van der Waals surface area contributed by atoms with Crippen LogP contribution < -0.4 is 9.64 Å². The summed E-state index contributed by atoms with van der Waals surface area (Å²) in [6.45, 7) is 19.1. The summed E-state index contributed by atoms with van der Waals surface area (Å²) in [5, 5.41) is 9.87. The average Bonchev–Trinajstić information content (AvgIpc) is 3.12. The van der Waals surface area contributed by atoms with Gasteiger partial charge in [-0.05, 0) is 70.9 Å². The van der Waals surface area contributed by atoms with Crippen molar-refractivity contribution in [3.05, 3.63) is 89.0 Å². The standard InChI is InChI=1S/C41H60N2O7SSi/c1-29(2)52(30(3)4,31(5)6)50-40-26-43(51(45,46)36-17-10-32(7)11-18-36)25-39(41(40)35-15-12-33(27-44)13-16-35)49-28-34-14-19-38-37(24-34)42(21-23-48-38)20-9-22-47-8/h10-19,24,29-31,39-41,44H,9,20-23,25-28H2,1-8H3/t39-,40?,41-/m0/s1. The number of aliphatic hydroxyl groups excluding tert-OH is 1. The first-order valence-corrected chi connectivity index (χ1v) is 22.4. The van der Waals surface area contributed by atoms with Crippen molar-refractivity contribution in [2.75, 3.05) is 51.4 Å². The van der Waals surface area contributed by atoms with E-state index in [9.17, 15) is 13.5 Å². The molecule has 52 heavy (non-hydrogen) atoms. The lowest BCUT2D eigenvalue weighted by atomic mass is 9.85. The highest BCUT2D eigenvalue weighted by atomic mass is 32.2. The number of aryl methyl sites for hydroxylation is 1. The van der Waals surface area contributed by atoms with Gasteiger partial charge in [0.1, 0.15) is 12.4 Å². The minimum atomic E-state index is -3.87. The molecule has 2 aliphatic heterocycles. The van der Waals surface area contributed by atoms with Crippen LogP contribution in [0.4, 0.5) is 5.69 Å². The van der Waals surface area contributed by atoms with Crippen LogP contribution in [0.5, 0.6) is 5.75 Å². The van der Waals surface area contributed by atoms with Crippen LogP contribution in [0.2, 0.25) is 16.6 Å². The van der Waals surface area contributed by atoms with Crippen molar-refractivity contribution in [1.29, 1.82) is 0 Å². The van der Waals surface area contributed by atoms with Gasteiger partial charge in [-0.3, -0.25) is 0 Å². The number of nitrogens with zero attached hydrogens (tertiary/aromatic N) is 2. The van der Waals surface area contributed by atoms with Crippen molar-refractivity contribution >= 4 is 24.0 Å². The van der Waals surface area contributed by atoms with E-state index in [-0.39, 0.29) is 30.5 Å². The normalized spacial score (nSPS) is 20.1. The van der Waals surface area contributed by atoms with E-state index in [2.05, 4.69) is 52.5 Å². The molecule has 286 valence electrons. The highest BCUT2D eigenvalue weighted by molar-refractivity contribution is 7.89. The number of sulfonamides is 1. The van der Waals surface area contributed by atoms with Gasteiger partial charge >= 0.3 is 0 Å². The fourth-order valence-corrected chi connectivity index (χ4v) is 15.5. The van der Waals surface area contributed by atoms with Gasteiger partial charge < -0.3 is 28.6 Å². The number of fused-ring (bicyclic) bond motifs is 1. The largest absolute Gasteiger partial charge is 0.490 e. The average molecular weight is 753 g/mol. The van der Waals surface area contributed by atoms with Crippen molar-refractivity contribution in [3.8, 4) is 5.75 Å². The predicted molar refractivity (Wildman–Crippen MR) is 210 cm³/mol. The number of ether oxygens (including phenoxy) is 3. The first-order valence-electron chi connectivity index (χ1n) is 18.9. The van der Waals surface area contributed by atoms with E-state index in [1.54, 1.807) is 23.5 Å². The Morgan fingerprint density at radius 3 is 2.13 bits per heavy atom. The Balaban J connectivity index is 1.56. The van der Waals surface area contributed by atoms with Crippen LogP contribution in [0.3, 0.4) is 0 Å². The number of rotatable bonds is 16. The minimum absolute atomic E-state index is 0.0536. The Bertz CT molecular complexity index is 1680. The van der Waals surface area contributed by atoms with E-state index < -0.39 is 30.5 Å². The van der Waals surface area contributed by atoms with Gasteiger partial charge in [-0.1, -0.05) is 89.6 Å². The maximum atomic E-state index is 14.4. The van der Waals surface area contributed by atoms with Gasteiger partial charge in [-0.15, -0.1) is 0 Å². The summed E-state index contributed by atoms with van der Waals surface area (Å²) < 4.78 is 56.2. The van der Waals surface area contributed by atoms with Crippen LogP contribution in [0.15, 0.2) is 71.6 Å². The second-order valence-electron chi connectivity index (χ2n) is 15.4. The van der Waals surface area contributed by atoms with Gasteiger partial charge in [0.2, 0.25) is 18.3 Å². The molecule has 3 atom stereocenters. The molecule has 1 fully saturated rings. The van der Waals surface area contributed by atoms with E-state index in [1.807, 2.05) is 55.5 Å². The molecule has 1 saturated heterocycles. The van der Waals surface area contributed by atoms with Crippen LogP contribution in [-0.4, -0.2) is 84.9 Å². The van der Waals surface area contributed by atoms with Crippen LogP contribution in [0.25, 0.3) is 0 Å². The Morgan fingerprint density at radius 2 is 1.52 bits per heavy atom. The molecular formula is C41H60N2O7SSi. The second-order valence-corrected chi connectivity index (χ2v) is 22.7. The third-order valence-corrected chi connectivity index (χ3v) is 19.0. The first kappa shape index (κ1) is 40.4. The number of anilines is 1. The summed E-state index contributed by atoms with van der Waals surface area (Å²) in [4.78, 5) is 2.60. The molecule has 11 heteroatoms. The number of hydrogen-bond donors (Lipinski definition) is 1. The Labute approximate surface area is 313 Å². The number of benzene rings is 3. The Morgan fingerprint density at radius 1 is 0.885 bits per heavy atom. The molecule has 1 N–H and O–H groups in total. The molecule has 0 spiro atoms. The Kier molecular flexibility index (Phi) is 13.7. The topological polar surface area (TPSA) is 97.8 Å². The van der Waals surface area contributed by atoms with Crippen molar-refractivity contribution in [2.45, 2.75) is 108 Å². The van der Waals surface area contributed by atoms with Crippen molar-refractivity contribution < 1.29 is 32.2 Å². The molecule has 2 heterocycles. The quantitative estimate of drug-likeness (QED) is 0.118. The van der Waals surface area contributed by atoms with Gasteiger partial charge in [-0.2, -0.15) is 4.31 Å². The predicted octanol–water partition coefficient (Wildman–Crippen LogP) is 7.66. The molecule has 0 aromatic heterocycles. The summed E-state index contributed by atoms with van der Waals surface area (Å²) >= 11 is 0. The third kappa shape index (κ3) is 8.78. The van der Waals surface area contributed by atoms with E-state index in [1.165, 1.54) is 0 Å². The number of piperidine rings is 1. The van der Waals surface area contributed by atoms with Gasteiger partial charge in [-0.25, -0.2) is 8.42 Å². The molecule has 2 aliphatic rings. The fourth-order valence-electron chi connectivity index (χ4n) is 8.45. The van der Waals surface area contributed by atoms with Gasteiger partial charge in [0.05, 0.1) is 42.5 Å². The lowest BCUT2D eigenvalue weighted by Crippen LogP contribution is -2.59. The molecule has 3 aromatic carbocycles. The second kappa shape index (κ2) is 17.6. The molecule has 0 amide bonds. The van der Waals surface area contributed by atoms with Gasteiger partial charge in [0, 0.05) is 39.3 Å². The number of aliphatic hydroxyl groups is 1. The summed E-state index contributed by atoms with van der Waals surface area (Å²) in [6, 6.07) is 21.2. The van der Waals surface area contributed by atoms with E-state index in [0.29, 0.717) is 36.4 Å². The summed E-state index contributed by atoms with van der Waals surface area (Å²) in [7, 11) is -4.63. The smallest absolute Gasteiger partial charge is 0.243 e. The summed E-state index contributed by atoms with van der Waals surface area (Å²) in [5.74, 6) is 0.611. The molecule has 9 nitrogen and oxygen atoms in total. The van der Waals surface area contributed by atoms with Gasteiger partial charge in [0.25, 0.3) is 0 Å². The fraction of sp³-hybridized carbons (Fsp3) is 0.561. The SMILES string of the molecule is COCCCN1CCOc2ccc(CO[C@H]3CN(S(=O)(=O)c4ccc(C)cc4)CC(O[Si](C(C)C)(C(C)C)C(C)C)[C@H]3c3ccc(CO)cc3)cc21. The molecule has 0 radical (unpaired) electrons. The molecule has 0 bridgehead atoms. The lowest BCUT2D eigenvalue weighted by molar-refractivity contribution is -0.0504. The van der Waals surface area contributed by atoms with Crippen molar-refractivity contribution in [2.24, 2.45) is 0 Å². The maximum absolute atomic E-state index is 14.4. The minimum Gasteiger partial charge on any atom is -0.490 e. The third-order valence-electron chi connectivity index (χ3n) is 11.1. The molecular weight excluding hydrogens is 693 g/mol. The lowest BCUT2D eigenvalue weighted by Gasteiger charge is -2.50. The van der Waals surface area contributed by atoms with Crippen molar-refractivity contribution in [1.82, 2.24) is 4.31 Å². The molecule has 3 aromatic rings. The van der Waals surface area contributed by atoms with E-state index >= 15 is 0 Å².